The standard InChI is InChI=1S/C26H21ClN2O6S/c1-2-34-23-13-17(11-12-22(23)35-16-19-8-4-6-10-21(19)29(32)33)14-24-25(30)28(26(31)36-24)15-18-7-3-5-9-20(18)27/h3-14H,2,15-16H2,1H3/b24-14+. The molecule has 0 atom stereocenters. The van der Waals surface area contributed by atoms with Crippen molar-refractivity contribution >= 4 is 46.3 Å². The van der Waals surface area contributed by atoms with Gasteiger partial charge in [0, 0.05) is 11.1 Å². The number of rotatable bonds is 9. The lowest BCUT2D eigenvalue weighted by molar-refractivity contribution is -0.385. The fourth-order valence-electron chi connectivity index (χ4n) is 3.55. The van der Waals surface area contributed by atoms with Crippen LogP contribution in [0.25, 0.3) is 6.08 Å². The van der Waals surface area contributed by atoms with Gasteiger partial charge in [-0.1, -0.05) is 48.0 Å². The third-order valence-corrected chi connectivity index (χ3v) is 6.57. The molecule has 8 nitrogen and oxygen atoms in total. The molecule has 1 heterocycles. The Morgan fingerprint density at radius 1 is 1.00 bits per heavy atom. The number of amides is 2. The molecule has 36 heavy (non-hydrogen) atoms. The number of halogens is 1. The van der Waals surface area contributed by atoms with Gasteiger partial charge >= 0.3 is 0 Å². The molecule has 2 amide bonds. The first-order chi connectivity index (χ1) is 17.4. The van der Waals surface area contributed by atoms with E-state index in [9.17, 15) is 19.7 Å². The lowest BCUT2D eigenvalue weighted by Gasteiger charge is -2.14. The molecule has 0 radical (unpaired) electrons. The molecule has 0 saturated carbocycles. The third kappa shape index (κ3) is 5.69. The minimum absolute atomic E-state index is 0.0164. The molecule has 0 aromatic heterocycles. The van der Waals surface area contributed by atoms with Gasteiger partial charge in [-0.2, -0.15) is 0 Å². The normalized spacial score (nSPS) is 14.4. The number of carbonyl (C=O) groups excluding carboxylic acids is 2. The van der Waals surface area contributed by atoms with Crippen LogP contribution in [-0.4, -0.2) is 27.6 Å². The topological polar surface area (TPSA) is 99.0 Å². The Morgan fingerprint density at radius 2 is 1.72 bits per heavy atom. The molecule has 1 aliphatic heterocycles. The molecule has 1 saturated heterocycles. The molecule has 0 N–H and O–H groups in total. The van der Waals surface area contributed by atoms with Gasteiger partial charge in [0.05, 0.1) is 28.5 Å². The lowest BCUT2D eigenvalue weighted by atomic mass is 10.1. The molecule has 0 aliphatic carbocycles. The number of benzene rings is 3. The van der Waals surface area contributed by atoms with Crippen LogP contribution in [0.4, 0.5) is 10.5 Å². The zero-order valence-corrected chi connectivity index (χ0v) is 20.8. The van der Waals surface area contributed by atoms with Crippen molar-refractivity contribution in [3.05, 3.63) is 103 Å². The van der Waals surface area contributed by atoms with Crippen molar-refractivity contribution in [2.75, 3.05) is 6.61 Å². The molecular formula is C26H21ClN2O6S. The van der Waals surface area contributed by atoms with Gasteiger partial charge in [-0.05, 0) is 60.2 Å². The van der Waals surface area contributed by atoms with Crippen LogP contribution in [0.15, 0.2) is 71.6 Å². The van der Waals surface area contributed by atoms with E-state index in [1.165, 1.54) is 6.07 Å². The van der Waals surface area contributed by atoms with E-state index >= 15 is 0 Å². The molecule has 10 heteroatoms. The highest BCUT2D eigenvalue weighted by Gasteiger charge is 2.35. The Morgan fingerprint density at radius 3 is 2.44 bits per heavy atom. The molecule has 3 aromatic carbocycles. The van der Waals surface area contributed by atoms with Crippen molar-refractivity contribution in [3.63, 3.8) is 0 Å². The van der Waals surface area contributed by atoms with E-state index in [2.05, 4.69) is 0 Å². The van der Waals surface area contributed by atoms with Crippen LogP contribution in [-0.2, 0) is 17.9 Å². The van der Waals surface area contributed by atoms with Gasteiger partial charge in [0.15, 0.2) is 11.5 Å². The number of nitro benzene ring substituents is 1. The van der Waals surface area contributed by atoms with Crippen molar-refractivity contribution in [2.24, 2.45) is 0 Å². The first-order valence-electron chi connectivity index (χ1n) is 11.0. The molecule has 0 unspecified atom stereocenters. The molecule has 3 aromatic rings. The highest BCUT2D eigenvalue weighted by molar-refractivity contribution is 8.18. The average Bonchev–Trinajstić information content (AvgIpc) is 3.12. The zero-order valence-electron chi connectivity index (χ0n) is 19.2. The van der Waals surface area contributed by atoms with Crippen LogP contribution in [0.3, 0.4) is 0 Å². The average molecular weight is 525 g/mol. The fraction of sp³-hybridized carbons (Fsp3) is 0.154. The number of nitro groups is 1. The SMILES string of the molecule is CCOc1cc(/C=C2/SC(=O)N(Cc3ccccc3Cl)C2=O)ccc1OCc1ccccc1[N+](=O)[O-]. The van der Waals surface area contributed by atoms with Gasteiger partial charge in [0.1, 0.15) is 6.61 Å². The summed E-state index contributed by atoms with van der Waals surface area (Å²) in [6, 6.07) is 18.5. The molecular weight excluding hydrogens is 504 g/mol. The van der Waals surface area contributed by atoms with Crippen molar-refractivity contribution < 1.29 is 24.0 Å². The molecule has 0 bridgehead atoms. The number of carbonyl (C=O) groups is 2. The smallest absolute Gasteiger partial charge is 0.293 e. The van der Waals surface area contributed by atoms with Crippen molar-refractivity contribution in [2.45, 2.75) is 20.1 Å². The van der Waals surface area contributed by atoms with E-state index < -0.39 is 10.8 Å². The number of nitrogens with zero attached hydrogens (tertiary/aromatic N) is 2. The number of ether oxygens (including phenoxy) is 2. The predicted octanol–water partition coefficient (Wildman–Crippen LogP) is 6.46. The highest BCUT2D eigenvalue weighted by Crippen LogP contribution is 2.36. The number of imide groups is 1. The highest BCUT2D eigenvalue weighted by atomic mass is 35.5. The summed E-state index contributed by atoms with van der Waals surface area (Å²) in [5.41, 5.74) is 1.72. The second kappa shape index (κ2) is 11.3. The molecule has 4 rings (SSSR count). The Kier molecular flexibility index (Phi) is 7.92. The van der Waals surface area contributed by atoms with E-state index in [1.54, 1.807) is 66.7 Å². The maximum Gasteiger partial charge on any atom is 0.293 e. The Bertz CT molecular complexity index is 1360. The van der Waals surface area contributed by atoms with Gasteiger partial charge in [-0.15, -0.1) is 0 Å². The summed E-state index contributed by atoms with van der Waals surface area (Å²) >= 11 is 7.04. The minimum atomic E-state index is -0.454. The molecule has 1 fully saturated rings. The summed E-state index contributed by atoms with van der Waals surface area (Å²) in [6.45, 7) is 2.25. The van der Waals surface area contributed by atoms with Crippen molar-refractivity contribution in [1.82, 2.24) is 4.90 Å². The third-order valence-electron chi connectivity index (χ3n) is 5.30. The number of thioether (sulfide) groups is 1. The predicted molar refractivity (Wildman–Crippen MR) is 138 cm³/mol. The number of para-hydroxylation sites is 1. The van der Waals surface area contributed by atoms with Gasteiger partial charge in [0.2, 0.25) is 0 Å². The summed E-state index contributed by atoms with van der Waals surface area (Å²) < 4.78 is 11.5. The molecule has 184 valence electrons. The van der Waals surface area contributed by atoms with E-state index in [0.717, 1.165) is 16.7 Å². The number of hydrogen-bond acceptors (Lipinski definition) is 7. The quantitative estimate of drug-likeness (QED) is 0.180. The second-order valence-electron chi connectivity index (χ2n) is 7.67. The first-order valence-corrected chi connectivity index (χ1v) is 12.2. The summed E-state index contributed by atoms with van der Waals surface area (Å²) in [5, 5.41) is 11.4. The summed E-state index contributed by atoms with van der Waals surface area (Å²) in [7, 11) is 0. The van der Waals surface area contributed by atoms with E-state index in [-0.39, 0.29) is 29.0 Å². The number of hydrogen-bond donors (Lipinski definition) is 0. The van der Waals surface area contributed by atoms with Crippen molar-refractivity contribution in [1.29, 1.82) is 0 Å². The van der Waals surface area contributed by atoms with Gasteiger partial charge in [-0.25, -0.2) is 0 Å². The fourth-order valence-corrected chi connectivity index (χ4v) is 4.59. The van der Waals surface area contributed by atoms with Crippen LogP contribution in [0.2, 0.25) is 5.02 Å². The maximum atomic E-state index is 12.9. The van der Waals surface area contributed by atoms with Crippen molar-refractivity contribution in [3.8, 4) is 11.5 Å². The minimum Gasteiger partial charge on any atom is -0.490 e. The first kappa shape index (κ1) is 25.3. The van der Waals surface area contributed by atoms with Gasteiger partial charge < -0.3 is 9.47 Å². The Balaban J connectivity index is 1.53. The van der Waals surface area contributed by atoms with Gasteiger partial charge in [0.25, 0.3) is 16.8 Å². The second-order valence-corrected chi connectivity index (χ2v) is 9.07. The molecule has 1 aliphatic rings. The van der Waals surface area contributed by atoms with E-state index in [4.69, 9.17) is 21.1 Å². The summed E-state index contributed by atoms with van der Waals surface area (Å²) in [6.07, 6.45) is 1.62. The van der Waals surface area contributed by atoms with E-state index in [0.29, 0.717) is 39.8 Å². The van der Waals surface area contributed by atoms with Crippen LogP contribution in [0.1, 0.15) is 23.6 Å². The van der Waals surface area contributed by atoms with Crippen LogP contribution < -0.4 is 9.47 Å². The van der Waals surface area contributed by atoms with Gasteiger partial charge in [-0.3, -0.25) is 24.6 Å². The Labute approximate surface area is 216 Å². The largest absolute Gasteiger partial charge is 0.490 e. The zero-order chi connectivity index (χ0) is 25.7. The van der Waals surface area contributed by atoms with E-state index in [1.807, 2.05) is 6.92 Å². The van der Waals surface area contributed by atoms with Crippen LogP contribution >= 0.6 is 23.4 Å². The molecule has 0 spiro atoms. The summed E-state index contributed by atoms with van der Waals surface area (Å²) in [5.74, 6) is 0.415. The van der Waals surface area contributed by atoms with Crippen LogP contribution in [0, 0.1) is 10.1 Å². The van der Waals surface area contributed by atoms with Crippen LogP contribution in [0.5, 0.6) is 11.5 Å². The lowest BCUT2D eigenvalue weighted by Crippen LogP contribution is -2.27. The summed E-state index contributed by atoms with van der Waals surface area (Å²) in [4.78, 5) is 37.7. The Hall–Kier alpha value is -3.82. The monoisotopic (exact) mass is 524 g/mol. The maximum absolute atomic E-state index is 12.9.